The summed E-state index contributed by atoms with van der Waals surface area (Å²) >= 11 is 0. The van der Waals surface area contributed by atoms with Gasteiger partial charge in [0.15, 0.2) is 0 Å². The van der Waals surface area contributed by atoms with E-state index in [2.05, 4.69) is 4.98 Å². The Labute approximate surface area is 87.3 Å². The van der Waals surface area contributed by atoms with Crippen molar-refractivity contribution in [2.75, 3.05) is 5.84 Å². The molecule has 2 aromatic rings. The predicted molar refractivity (Wildman–Crippen MR) is 60.3 cm³/mol. The highest BCUT2D eigenvalue weighted by atomic mass is 16.1. The molecular formula is C11H13N3O. The van der Waals surface area contributed by atoms with E-state index in [9.17, 15) is 4.79 Å². The normalized spacial score (nSPS) is 10.8. The lowest BCUT2D eigenvalue weighted by molar-refractivity contribution is 0.799. The second-order valence-corrected chi connectivity index (χ2v) is 3.53. The smallest absolute Gasteiger partial charge is 0.280 e. The Morgan fingerprint density at radius 3 is 2.87 bits per heavy atom. The Balaban J connectivity index is 2.98. The standard InChI is InChI=1S/C11H13N3O/c1-3-9-13-8-6-4-5-7(2)10(8)11(15)14(9)12/h4-6H,3,12H2,1-2H3. The Kier molecular flexibility index (Phi) is 2.19. The molecule has 1 heterocycles. The highest BCUT2D eigenvalue weighted by molar-refractivity contribution is 5.81. The van der Waals surface area contributed by atoms with Crippen molar-refractivity contribution in [3.63, 3.8) is 0 Å². The molecule has 0 bridgehead atoms. The van der Waals surface area contributed by atoms with Gasteiger partial charge in [0.1, 0.15) is 5.82 Å². The largest absolute Gasteiger partial charge is 0.335 e. The van der Waals surface area contributed by atoms with E-state index < -0.39 is 0 Å². The van der Waals surface area contributed by atoms with Gasteiger partial charge in [-0.05, 0) is 18.6 Å². The average Bonchev–Trinajstić information content (AvgIpc) is 2.23. The first-order valence-corrected chi connectivity index (χ1v) is 4.91. The Bertz CT molecular complexity index is 572. The molecule has 0 saturated carbocycles. The van der Waals surface area contributed by atoms with E-state index in [1.165, 1.54) is 0 Å². The van der Waals surface area contributed by atoms with Gasteiger partial charge in [0.05, 0.1) is 10.9 Å². The fraction of sp³-hybridized carbons (Fsp3) is 0.273. The van der Waals surface area contributed by atoms with Crippen LogP contribution < -0.4 is 11.4 Å². The molecule has 2 rings (SSSR count). The second kappa shape index (κ2) is 3.38. The molecule has 0 saturated heterocycles. The molecule has 0 aliphatic rings. The number of benzene rings is 1. The lowest BCUT2D eigenvalue weighted by Crippen LogP contribution is -2.31. The number of aromatic nitrogens is 2. The molecule has 78 valence electrons. The lowest BCUT2D eigenvalue weighted by atomic mass is 10.1. The number of nitrogens with zero attached hydrogens (tertiary/aromatic N) is 2. The first kappa shape index (κ1) is 9.71. The van der Waals surface area contributed by atoms with Crippen LogP contribution >= 0.6 is 0 Å². The Morgan fingerprint density at radius 2 is 2.20 bits per heavy atom. The number of hydrogen-bond acceptors (Lipinski definition) is 3. The zero-order valence-electron chi connectivity index (χ0n) is 8.82. The van der Waals surface area contributed by atoms with Crippen LogP contribution in [0.25, 0.3) is 10.9 Å². The average molecular weight is 203 g/mol. The maximum Gasteiger partial charge on any atom is 0.280 e. The van der Waals surface area contributed by atoms with Gasteiger partial charge in [0.25, 0.3) is 5.56 Å². The summed E-state index contributed by atoms with van der Waals surface area (Å²) in [6.07, 6.45) is 0.648. The van der Waals surface area contributed by atoms with Crippen LogP contribution in [0.2, 0.25) is 0 Å². The summed E-state index contributed by atoms with van der Waals surface area (Å²) in [6, 6.07) is 5.62. The molecule has 0 fully saturated rings. The summed E-state index contributed by atoms with van der Waals surface area (Å²) in [4.78, 5) is 16.3. The minimum atomic E-state index is -0.171. The lowest BCUT2D eigenvalue weighted by Gasteiger charge is -2.07. The highest BCUT2D eigenvalue weighted by Crippen LogP contribution is 2.12. The van der Waals surface area contributed by atoms with E-state index in [1.54, 1.807) is 0 Å². The number of nitrogen functional groups attached to an aromatic ring is 1. The van der Waals surface area contributed by atoms with Crippen LogP contribution in [0.1, 0.15) is 18.3 Å². The van der Waals surface area contributed by atoms with E-state index in [1.807, 2.05) is 32.0 Å². The minimum absolute atomic E-state index is 0.171. The molecule has 4 heteroatoms. The Hall–Kier alpha value is -1.84. The third-order valence-corrected chi connectivity index (χ3v) is 2.53. The van der Waals surface area contributed by atoms with Gasteiger partial charge in [-0.25, -0.2) is 9.66 Å². The minimum Gasteiger partial charge on any atom is -0.335 e. The molecule has 2 N–H and O–H groups in total. The van der Waals surface area contributed by atoms with Gasteiger partial charge < -0.3 is 5.84 Å². The summed E-state index contributed by atoms with van der Waals surface area (Å²) in [6.45, 7) is 3.81. The SMILES string of the molecule is CCc1nc2cccc(C)c2c(=O)n1N. The maximum atomic E-state index is 11.9. The zero-order chi connectivity index (χ0) is 11.0. The van der Waals surface area contributed by atoms with Crippen LogP contribution in [-0.2, 0) is 6.42 Å². The molecule has 1 aromatic heterocycles. The molecule has 0 aliphatic carbocycles. The molecule has 0 radical (unpaired) electrons. The van der Waals surface area contributed by atoms with Gasteiger partial charge in [-0.3, -0.25) is 4.79 Å². The number of fused-ring (bicyclic) bond motifs is 1. The fourth-order valence-corrected chi connectivity index (χ4v) is 1.70. The third kappa shape index (κ3) is 1.38. The van der Waals surface area contributed by atoms with E-state index in [0.29, 0.717) is 17.6 Å². The van der Waals surface area contributed by atoms with Crippen molar-refractivity contribution in [1.29, 1.82) is 0 Å². The second-order valence-electron chi connectivity index (χ2n) is 3.53. The van der Waals surface area contributed by atoms with Gasteiger partial charge in [-0.15, -0.1) is 0 Å². The zero-order valence-corrected chi connectivity index (χ0v) is 8.82. The number of aryl methyl sites for hydroxylation is 2. The molecule has 1 aromatic carbocycles. The van der Waals surface area contributed by atoms with Crippen LogP contribution in [-0.4, -0.2) is 9.66 Å². The quantitative estimate of drug-likeness (QED) is 0.703. The molecule has 4 nitrogen and oxygen atoms in total. The van der Waals surface area contributed by atoms with Gasteiger partial charge in [0, 0.05) is 6.42 Å². The molecule has 0 atom stereocenters. The first-order chi connectivity index (χ1) is 7.15. The van der Waals surface area contributed by atoms with Crippen molar-refractivity contribution in [3.05, 3.63) is 39.9 Å². The molecular weight excluding hydrogens is 190 g/mol. The maximum absolute atomic E-state index is 11.9. The van der Waals surface area contributed by atoms with Gasteiger partial charge in [0.2, 0.25) is 0 Å². The van der Waals surface area contributed by atoms with E-state index in [4.69, 9.17) is 5.84 Å². The summed E-state index contributed by atoms with van der Waals surface area (Å²) < 4.78 is 1.13. The van der Waals surface area contributed by atoms with Gasteiger partial charge >= 0.3 is 0 Å². The molecule has 0 amide bonds. The van der Waals surface area contributed by atoms with Crippen LogP contribution in [0.15, 0.2) is 23.0 Å². The topological polar surface area (TPSA) is 60.9 Å². The van der Waals surface area contributed by atoms with Crippen molar-refractivity contribution in [1.82, 2.24) is 9.66 Å². The number of rotatable bonds is 1. The van der Waals surface area contributed by atoms with Crippen LogP contribution in [0.5, 0.6) is 0 Å². The van der Waals surface area contributed by atoms with Crippen molar-refractivity contribution >= 4 is 10.9 Å². The summed E-state index contributed by atoms with van der Waals surface area (Å²) in [5.41, 5.74) is 1.46. The van der Waals surface area contributed by atoms with Crippen LogP contribution in [0.4, 0.5) is 0 Å². The van der Waals surface area contributed by atoms with Crippen molar-refractivity contribution in [2.24, 2.45) is 0 Å². The summed E-state index contributed by atoms with van der Waals surface area (Å²) in [7, 11) is 0. The first-order valence-electron chi connectivity index (χ1n) is 4.91. The third-order valence-electron chi connectivity index (χ3n) is 2.53. The van der Waals surface area contributed by atoms with E-state index in [-0.39, 0.29) is 5.56 Å². The molecule has 0 spiro atoms. The van der Waals surface area contributed by atoms with Crippen molar-refractivity contribution < 1.29 is 0 Å². The molecule has 0 unspecified atom stereocenters. The molecule has 0 aliphatic heterocycles. The highest BCUT2D eigenvalue weighted by Gasteiger charge is 2.08. The van der Waals surface area contributed by atoms with Crippen molar-refractivity contribution in [2.45, 2.75) is 20.3 Å². The van der Waals surface area contributed by atoms with E-state index in [0.717, 1.165) is 15.8 Å². The van der Waals surface area contributed by atoms with Crippen LogP contribution in [0.3, 0.4) is 0 Å². The number of nitrogens with two attached hydrogens (primary N) is 1. The summed E-state index contributed by atoms with van der Waals surface area (Å²) in [5, 5.41) is 0.609. The molecule has 15 heavy (non-hydrogen) atoms. The summed E-state index contributed by atoms with van der Waals surface area (Å²) in [5.74, 6) is 6.28. The van der Waals surface area contributed by atoms with Crippen molar-refractivity contribution in [3.8, 4) is 0 Å². The fourth-order valence-electron chi connectivity index (χ4n) is 1.70. The van der Waals surface area contributed by atoms with Gasteiger partial charge in [-0.2, -0.15) is 0 Å². The van der Waals surface area contributed by atoms with Crippen LogP contribution in [0, 0.1) is 6.92 Å². The Morgan fingerprint density at radius 1 is 1.47 bits per heavy atom. The monoisotopic (exact) mass is 203 g/mol. The predicted octanol–water partition coefficient (Wildman–Crippen LogP) is 0.981. The van der Waals surface area contributed by atoms with Gasteiger partial charge in [-0.1, -0.05) is 19.1 Å². The van der Waals surface area contributed by atoms with E-state index >= 15 is 0 Å². The number of hydrogen-bond donors (Lipinski definition) is 1.